The minimum Gasteiger partial charge on any atom is -0.321 e. The van der Waals surface area contributed by atoms with Gasteiger partial charge in [-0.2, -0.15) is 0 Å². The van der Waals surface area contributed by atoms with E-state index in [0.717, 1.165) is 12.8 Å². The molecule has 3 rings (SSSR count). The molecule has 0 fully saturated rings. The summed E-state index contributed by atoms with van der Waals surface area (Å²) in [4.78, 5) is 0. The molecule has 0 aromatic heterocycles. The Hall–Kier alpha value is -1.08. The predicted octanol–water partition coefficient (Wildman–Crippen LogP) is 3.31. The van der Waals surface area contributed by atoms with Crippen molar-refractivity contribution in [2.75, 3.05) is 0 Å². The zero-order valence-electron chi connectivity index (χ0n) is 9.82. The summed E-state index contributed by atoms with van der Waals surface area (Å²) in [5, 5.41) is 0. The molecule has 0 radical (unpaired) electrons. The van der Waals surface area contributed by atoms with Gasteiger partial charge < -0.3 is 5.73 Å². The molecule has 2 N–H and O–H groups in total. The van der Waals surface area contributed by atoms with E-state index in [1.165, 1.54) is 17.5 Å². The molecule has 0 unspecified atom stereocenters. The molecule has 0 bridgehead atoms. The summed E-state index contributed by atoms with van der Waals surface area (Å²) >= 11 is 0. The molecule has 0 amide bonds. The van der Waals surface area contributed by atoms with Gasteiger partial charge in [-0.25, -0.2) is 0 Å². The Morgan fingerprint density at radius 3 is 2.94 bits per heavy atom. The van der Waals surface area contributed by atoms with Gasteiger partial charge in [0.15, 0.2) is 0 Å². The molecule has 3 atom stereocenters. The highest BCUT2D eigenvalue weighted by atomic mass is 14.8. The molecule has 1 heteroatoms. The molecule has 0 spiro atoms. The first-order valence-corrected chi connectivity index (χ1v) is 6.25. The zero-order chi connectivity index (χ0) is 11.2. The monoisotopic (exact) mass is 213 g/mol. The fraction of sp³-hybridized carbons (Fsp3) is 0.467. The number of fused-ring (bicyclic) bond motifs is 3. The van der Waals surface area contributed by atoms with Crippen LogP contribution in [0.1, 0.15) is 43.2 Å². The van der Waals surface area contributed by atoms with E-state index in [0.29, 0.717) is 11.8 Å². The molecular weight excluding hydrogens is 194 g/mol. The van der Waals surface area contributed by atoms with Gasteiger partial charge in [0.1, 0.15) is 0 Å². The van der Waals surface area contributed by atoms with Crippen molar-refractivity contribution in [3.8, 4) is 0 Å². The summed E-state index contributed by atoms with van der Waals surface area (Å²) in [5.74, 6) is 1.28. The van der Waals surface area contributed by atoms with E-state index in [2.05, 4.69) is 43.3 Å². The third-order valence-electron chi connectivity index (χ3n) is 4.40. The highest BCUT2D eigenvalue weighted by molar-refractivity contribution is 5.40. The second-order valence-electron chi connectivity index (χ2n) is 5.37. The molecule has 2 aliphatic carbocycles. The van der Waals surface area contributed by atoms with Crippen LogP contribution < -0.4 is 5.73 Å². The topological polar surface area (TPSA) is 26.0 Å². The first-order chi connectivity index (χ1) is 7.72. The normalized spacial score (nSPS) is 36.6. The minimum absolute atomic E-state index is 0.0994. The molecule has 1 nitrogen and oxygen atoms in total. The first-order valence-electron chi connectivity index (χ1n) is 6.25. The molecule has 0 saturated carbocycles. The Kier molecular flexibility index (Phi) is 2.18. The molecule has 0 saturated heterocycles. The summed E-state index contributed by atoms with van der Waals surface area (Å²) < 4.78 is 0. The number of rotatable bonds is 0. The number of benzene rings is 1. The quantitative estimate of drug-likeness (QED) is 0.657. The van der Waals surface area contributed by atoms with Crippen molar-refractivity contribution in [2.24, 2.45) is 11.7 Å². The largest absolute Gasteiger partial charge is 0.321 e. The number of hydrogen-bond acceptors (Lipinski definition) is 1. The van der Waals surface area contributed by atoms with Gasteiger partial charge in [-0.15, -0.1) is 0 Å². The van der Waals surface area contributed by atoms with Crippen LogP contribution in [-0.4, -0.2) is 0 Å². The Bertz CT molecular complexity index is 435. The van der Waals surface area contributed by atoms with Gasteiger partial charge in [0.2, 0.25) is 0 Å². The van der Waals surface area contributed by atoms with Gasteiger partial charge in [0.25, 0.3) is 0 Å². The highest BCUT2D eigenvalue weighted by Crippen LogP contribution is 2.48. The van der Waals surface area contributed by atoms with E-state index >= 15 is 0 Å². The molecule has 84 valence electrons. The van der Waals surface area contributed by atoms with Gasteiger partial charge in [-0.3, -0.25) is 0 Å². The number of allylic oxidation sites excluding steroid dienone is 1. The maximum atomic E-state index is 6.69. The van der Waals surface area contributed by atoms with Crippen LogP contribution in [0.25, 0.3) is 0 Å². The van der Waals surface area contributed by atoms with Crippen LogP contribution in [0.4, 0.5) is 0 Å². The lowest BCUT2D eigenvalue weighted by Gasteiger charge is -2.46. The third-order valence-corrected chi connectivity index (χ3v) is 4.40. The molecule has 1 aromatic rings. The van der Waals surface area contributed by atoms with Crippen molar-refractivity contribution < 1.29 is 0 Å². The fourth-order valence-corrected chi connectivity index (χ4v) is 3.46. The maximum Gasteiger partial charge on any atom is 0.0479 e. The third kappa shape index (κ3) is 1.28. The molecular formula is C15H19N. The number of nitrogens with two attached hydrogens (primary N) is 1. The van der Waals surface area contributed by atoms with Crippen molar-refractivity contribution in [3.63, 3.8) is 0 Å². The van der Waals surface area contributed by atoms with Crippen molar-refractivity contribution in [1.29, 1.82) is 0 Å². The lowest BCUT2D eigenvalue weighted by Crippen LogP contribution is -2.48. The summed E-state index contributed by atoms with van der Waals surface area (Å²) in [7, 11) is 0. The lowest BCUT2D eigenvalue weighted by atomic mass is 9.62. The average Bonchev–Trinajstić information content (AvgIpc) is 2.31. The minimum atomic E-state index is -0.0994. The predicted molar refractivity (Wildman–Crippen MR) is 67.2 cm³/mol. The van der Waals surface area contributed by atoms with Crippen LogP contribution in [0, 0.1) is 5.92 Å². The van der Waals surface area contributed by atoms with E-state index in [1.807, 2.05) is 0 Å². The molecule has 0 aliphatic heterocycles. The Labute approximate surface area is 97.4 Å². The average molecular weight is 213 g/mol. The van der Waals surface area contributed by atoms with Gasteiger partial charge in [-0.05, 0) is 42.2 Å². The van der Waals surface area contributed by atoms with Crippen molar-refractivity contribution in [3.05, 3.63) is 47.5 Å². The van der Waals surface area contributed by atoms with Gasteiger partial charge >= 0.3 is 0 Å². The summed E-state index contributed by atoms with van der Waals surface area (Å²) in [5.41, 5.74) is 9.45. The van der Waals surface area contributed by atoms with Gasteiger partial charge in [-0.1, -0.05) is 43.3 Å². The molecule has 2 aliphatic rings. The van der Waals surface area contributed by atoms with E-state index in [1.54, 1.807) is 0 Å². The number of hydrogen-bond donors (Lipinski definition) is 1. The van der Waals surface area contributed by atoms with E-state index in [9.17, 15) is 0 Å². The Morgan fingerprint density at radius 1 is 1.25 bits per heavy atom. The maximum absolute atomic E-state index is 6.69. The van der Waals surface area contributed by atoms with Crippen LogP contribution in [0.5, 0.6) is 0 Å². The first kappa shape index (κ1) is 10.1. The van der Waals surface area contributed by atoms with Crippen molar-refractivity contribution >= 4 is 0 Å². The van der Waals surface area contributed by atoms with E-state index < -0.39 is 0 Å². The molecule has 1 aromatic carbocycles. The molecule has 16 heavy (non-hydrogen) atoms. The Morgan fingerprint density at radius 2 is 2.06 bits per heavy atom. The summed E-state index contributed by atoms with van der Waals surface area (Å²) in [6.07, 6.45) is 7.94. The van der Waals surface area contributed by atoms with Crippen LogP contribution in [0.15, 0.2) is 36.4 Å². The Balaban J connectivity index is 2.16. The summed E-state index contributed by atoms with van der Waals surface area (Å²) in [6.45, 7) is 2.33. The van der Waals surface area contributed by atoms with Crippen LogP contribution in [0.3, 0.4) is 0 Å². The standard InChI is InChI=1S/C15H19N/c1-11-10-12-6-4-5-9-15(12,16)14-8-3-2-7-13(11)14/h2-5,7-8,11-12H,6,9-10,16H2,1H3/t11-,12-,15-/m1/s1. The van der Waals surface area contributed by atoms with Crippen molar-refractivity contribution in [1.82, 2.24) is 0 Å². The van der Waals surface area contributed by atoms with Crippen LogP contribution in [0.2, 0.25) is 0 Å². The van der Waals surface area contributed by atoms with Crippen molar-refractivity contribution in [2.45, 2.75) is 37.6 Å². The summed E-state index contributed by atoms with van der Waals surface area (Å²) in [6, 6.07) is 8.75. The highest BCUT2D eigenvalue weighted by Gasteiger charge is 2.42. The second-order valence-corrected chi connectivity index (χ2v) is 5.37. The van der Waals surface area contributed by atoms with E-state index in [4.69, 9.17) is 5.73 Å². The van der Waals surface area contributed by atoms with Crippen LogP contribution >= 0.6 is 0 Å². The zero-order valence-corrected chi connectivity index (χ0v) is 9.82. The SMILES string of the molecule is C[C@@H]1C[C@H]2CC=CC[C@]2(N)c2ccccc21. The van der Waals surface area contributed by atoms with Crippen LogP contribution in [-0.2, 0) is 5.54 Å². The fourth-order valence-electron chi connectivity index (χ4n) is 3.46. The smallest absolute Gasteiger partial charge is 0.0479 e. The molecule has 0 heterocycles. The lowest BCUT2D eigenvalue weighted by molar-refractivity contribution is 0.217. The van der Waals surface area contributed by atoms with Gasteiger partial charge in [0.05, 0.1) is 0 Å². The van der Waals surface area contributed by atoms with Gasteiger partial charge in [0, 0.05) is 5.54 Å². The van der Waals surface area contributed by atoms with E-state index in [-0.39, 0.29) is 5.54 Å². The second kappa shape index (κ2) is 3.46.